The SMILES string of the molecule is COCc1cccc(CNCc2cnn(CCO)c2)c1. The number of nitrogens with one attached hydrogen (secondary N) is 1. The van der Waals surface area contributed by atoms with Crippen LogP contribution in [0.4, 0.5) is 0 Å². The Morgan fingerprint density at radius 1 is 1.25 bits per heavy atom. The fourth-order valence-corrected chi connectivity index (χ4v) is 2.07. The molecule has 0 spiro atoms. The van der Waals surface area contributed by atoms with Crippen molar-refractivity contribution in [3.63, 3.8) is 0 Å². The zero-order valence-electron chi connectivity index (χ0n) is 11.7. The largest absolute Gasteiger partial charge is 0.394 e. The Labute approximate surface area is 119 Å². The second-order valence-corrected chi connectivity index (χ2v) is 4.69. The molecule has 0 atom stereocenters. The standard InChI is InChI=1S/C15H21N3O2/c1-20-12-14-4-2-3-13(7-14)8-16-9-15-10-17-18(11-15)5-6-19/h2-4,7,10-11,16,19H,5-6,8-9,12H2,1H3. The van der Waals surface area contributed by atoms with Crippen LogP contribution in [0.3, 0.4) is 0 Å². The second-order valence-electron chi connectivity index (χ2n) is 4.69. The van der Waals surface area contributed by atoms with Gasteiger partial charge in [0, 0.05) is 32.0 Å². The van der Waals surface area contributed by atoms with E-state index >= 15 is 0 Å². The van der Waals surface area contributed by atoms with Gasteiger partial charge >= 0.3 is 0 Å². The molecule has 2 aromatic rings. The lowest BCUT2D eigenvalue weighted by atomic mass is 10.1. The van der Waals surface area contributed by atoms with Crippen molar-refractivity contribution in [2.75, 3.05) is 13.7 Å². The molecule has 0 radical (unpaired) electrons. The van der Waals surface area contributed by atoms with Gasteiger partial charge < -0.3 is 15.2 Å². The molecule has 0 bridgehead atoms. The van der Waals surface area contributed by atoms with Crippen LogP contribution in [-0.2, 0) is 31.0 Å². The van der Waals surface area contributed by atoms with Crippen LogP contribution in [0.15, 0.2) is 36.7 Å². The highest BCUT2D eigenvalue weighted by Gasteiger charge is 1.99. The average molecular weight is 275 g/mol. The molecule has 1 aromatic heterocycles. The topological polar surface area (TPSA) is 59.3 Å². The van der Waals surface area contributed by atoms with Crippen LogP contribution in [0.5, 0.6) is 0 Å². The van der Waals surface area contributed by atoms with Crippen LogP contribution in [0, 0.1) is 0 Å². The average Bonchev–Trinajstić information content (AvgIpc) is 2.88. The van der Waals surface area contributed by atoms with Crippen LogP contribution in [0.2, 0.25) is 0 Å². The summed E-state index contributed by atoms with van der Waals surface area (Å²) >= 11 is 0. The van der Waals surface area contributed by atoms with Gasteiger partial charge in [0.1, 0.15) is 0 Å². The fraction of sp³-hybridized carbons (Fsp3) is 0.400. The first-order valence-corrected chi connectivity index (χ1v) is 6.71. The third kappa shape index (κ3) is 4.45. The van der Waals surface area contributed by atoms with Gasteiger partial charge in [0.25, 0.3) is 0 Å². The Kier molecular flexibility index (Phi) is 5.73. The first-order chi connectivity index (χ1) is 9.81. The monoisotopic (exact) mass is 275 g/mol. The second kappa shape index (κ2) is 7.79. The fourth-order valence-electron chi connectivity index (χ4n) is 2.07. The minimum atomic E-state index is 0.112. The molecule has 1 aromatic carbocycles. The van der Waals surface area contributed by atoms with Crippen LogP contribution in [-0.4, -0.2) is 28.6 Å². The maximum atomic E-state index is 8.84. The number of nitrogens with zero attached hydrogens (tertiary/aromatic N) is 2. The summed E-state index contributed by atoms with van der Waals surface area (Å²) in [5.74, 6) is 0. The van der Waals surface area contributed by atoms with Crippen LogP contribution < -0.4 is 5.32 Å². The summed E-state index contributed by atoms with van der Waals surface area (Å²) in [7, 11) is 1.70. The van der Waals surface area contributed by atoms with Crippen molar-refractivity contribution in [2.24, 2.45) is 0 Å². The number of aliphatic hydroxyl groups excluding tert-OH is 1. The van der Waals surface area contributed by atoms with E-state index < -0.39 is 0 Å². The molecule has 2 rings (SSSR count). The first-order valence-electron chi connectivity index (χ1n) is 6.71. The van der Waals surface area contributed by atoms with E-state index in [4.69, 9.17) is 9.84 Å². The van der Waals surface area contributed by atoms with Crippen molar-refractivity contribution in [3.05, 3.63) is 53.3 Å². The number of aromatic nitrogens is 2. The van der Waals surface area contributed by atoms with Gasteiger partial charge in [-0.05, 0) is 11.1 Å². The minimum absolute atomic E-state index is 0.112. The highest BCUT2D eigenvalue weighted by atomic mass is 16.5. The lowest BCUT2D eigenvalue weighted by Crippen LogP contribution is -2.12. The summed E-state index contributed by atoms with van der Waals surface area (Å²) in [6.45, 7) is 2.87. The number of hydrogen-bond acceptors (Lipinski definition) is 4. The van der Waals surface area contributed by atoms with Gasteiger partial charge in [-0.25, -0.2) is 0 Å². The van der Waals surface area contributed by atoms with E-state index in [-0.39, 0.29) is 6.61 Å². The normalized spacial score (nSPS) is 10.9. The van der Waals surface area contributed by atoms with Crippen molar-refractivity contribution in [2.45, 2.75) is 26.2 Å². The van der Waals surface area contributed by atoms with E-state index in [0.717, 1.165) is 18.7 Å². The molecule has 0 amide bonds. The Bertz CT molecular complexity index is 525. The molecule has 2 N–H and O–H groups in total. The Balaban J connectivity index is 1.81. The molecule has 0 aliphatic heterocycles. The van der Waals surface area contributed by atoms with Crippen molar-refractivity contribution >= 4 is 0 Å². The molecular weight excluding hydrogens is 254 g/mol. The van der Waals surface area contributed by atoms with Gasteiger partial charge in [-0.2, -0.15) is 5.10 Å². The molecule has 20 heavy (non-hydrogen) atoms. The highest BCUT2D eigenvalue weighted by molar-refractivity contribution is 5.23. The summed E-state index contributed by atoms with van der Waals surface area (Å²) in [5.41, 5.74) is 3.54. The Hall–Kier alpha value is -1.69. The van der Waals surface area contributed by atoms with Crippen LogP contribution in [0.1, 0.15) is 16.7 Å². The molecule has 0 saturated carbocycles. The molecule has 1 heterocycles. The maximum Gasteiger partial charge on any atom is 0.0713 e. The smallest absolute Gasteiger partial charge is 0.0713 e. The molecule has 108 valence electrons. The number of aliphatic hydroxyl groups is 1. The van der Waals surface area contributed by atoms with Crippen molar-refractivity contribution < 1.29 is 9.84 Å². The van der Waals surface area contributed by atoms with Gasteiger partial charge in [-0.15, -0.1) is 0 Å². The summed E-state index contributed by atoms with van der Waals surface area (Å²) < 4.78 is 6.88. The minimum Gasteiger partial charge on any atom is -0.394 e. The molecule has 0 fully saturated rings. The van der Waals surface area contributed by atoms with Gasteiger partial charge in [-0.1, -0.05) is 24.3 Å². The number of ether oxygens (including phenoxy) is 1. The van der Waals surface area contributed by atoms with E-state index in [0.29, 0.717) is 13.2 Å². The van der Waals surface area contributed by atoms with Crippen molar-refractivity contribution in [1.82, 2.24) is 15.1 Å². The number of hydrogen-bond donors (Lipinski definition) is 2. The van der Waals surface area contributed by atoms with E-state index in [2.05, 4.69) is 28.6 Å². The molecule has 5 nitrogen and oxygen atoms in total. The number of methoxy groups -OCH3 is 1. The maximum absolute atomic E-state index is 8.84. The third-order valence-corrected chi connectivity index (χ3v) is 2.98. The summed E-state index contributed by atoms with van der Waals surface area (Å²) in [4.78, 5) is 0. The molecule has 0 saturated heterocycles. The number of rotatable bonds is 8. The molecular formula is C15H21N3O2. The molecule has 0 aliphatic rings. The lowest BCUT2D eigenvalue weighted by Gasteiger charge is -2.06. The summed E-state index contributed by atoms with van der Waals surface area (Å²) in [5, 5.41) is 16.4. The highest BCUT2D eigenvalue weighted by Crippen LogP contribution is 2.06. The zero-order valence-corrected chi connectivity index (χ0v) is 11.7. The van der Waals surface area contributed by atoms with Crippen molar-refractivity contribution in [1.29, 1.82) is 0 Å². The Morgan fingerprint density at radius 3 is 2.85 bits per heavy atom. The summed E-state index contributed by atoms with van der Waals surface area (Å²) in [6.07, 6.45) is 3.77. The van der Waals surface area contributed by atoms with E-state index in [1.807, 2.05) is 18.5 Å². The Morgan fingerprint density at radius 2 is 2.05 bits per heavy atom. The van der Waals surface area contributed by atoms with Gasteiger partial charge in [0.2, 0.25) is 0 Å². The van der Waals surface area contributed by atoms with Gasteiger partial charge in [-0.3, -0.25) is 4.68 Å². The molecule has 0 unspecified atom stereocenters. The van der Waals surface area contributed by atoms with E-state index in [1.54, 1.807) is 11.8 Å². The van der Waals surface area contributed by atoms with Crippen LogP contribution in [0.25, 0.3) is 0 Å². The molecule has 5 heteroatoms. The van der Waals surface area contributed by atoms with Gasteiger partial charge in [0.15, 0.2) is 0 Å². The zero-order chi connectivity index (χ0) is 14.2. The third-order valence-electron chi connectivity index (χ3n) is 2.98. The molecule has 0 aliphatic carbocycles. The van der Waals surface area contributed by atoms with E-state index in [9.17, 15) is 0 Å². The predicted octanol–water partition coefficient (Wildman–Crippen LogP) is 1.31. The summed E-state index contributed by atoms with van der Waals surface area (Å²) in [6, 6.07) is 8.35. The number of benzene rings is 1. The van der Waals surface area contributed by atoms with Crippen molar-refractivity contribution in [3.8, 4) is 0 Å². The predicted molar refractivity (Wildman–Crippen MR) is 77.0 cm³/mol. The first kappa shape index (κ1) is 14.7. The van der Waals surface area contributed by atoms with E-state index in [1.165, 1.54) is 11.1 Å². The van der Waals surface area contributed by atoms with Gasteiger partial charge in [0.05, 0.1) is 26.0 Å². The van der Waals surface area contributed by atoms with Crippen LogP contribution >= 0.6 is 0 Å². The lowest BCUT2D eigenvalue weighted by molar-refractivity contribution is 0.185. The quantitative estimate of drug-likeness (QED) is 0.762.